The first-order valence-corrected chi connectivity index (χ1v) is 10.7. The van der Waals surface area contributed by atoms with Crippen LogP contribution in [0.5, 0.6) is 5.75 Å². The number of hydrogen-bond donors (Lipinski definition) is 0. The summed E-state index contributed by atoms with van der Waals surface area (Å²) in [6.07, 6.45) is 7.85. The lowest BCUT2D eigenvalue weighted by molar-refractivity contribution is -0.142. The summed E-state index contributed by atoms with van der Waals surface area (Å²) in [5.41, 5.74) is 1.14. The van der Waals surface area contributed by atoms with Gasteiger partial charge in [-0.05, 0) is 69.3 Å². The largest absolute Gasteiger partial charge is 0.492 e. The molecule has 3 fully saturated rings. The fourth-order valence-electron chi connectivity index (χ4n) is 4.14. The minimum absolute atomic E-state index is 0.173. The molecular formula is C22H32N2O3. The number of carbonyl (C=O) groups excluding carboxylic acids is 1. The predicted molar refractivity (Wildman–Crippen MR) is 105 cm³/mol. The van der Waals surface area contributed by atoms with E-state index in [1.807, 2.05) is 17.0 Å². The first-order chi connectivity index (χ1) is 13.3. The molecule has 148 valence electrons. The van der Waals surface area contributed by atoms with E-state index >= 15 is 0 Å². The summed E-state index contributed by atoms with van der Waals surface area (Å²) in [5.74, 6) is 1.08. The van der Waals surface area contributed by atoms with Crippen LogP contribution in [-0.2, 0) is 16.1 Å². The third-order valence-electron chi connectivity index (χ3n) is 5.85. The minimum Gasteiger partial charge on any atom is -0.492 e. The van der Waals surface area contributed by atoms with E-state index in [0.717, 1.165) is 56.8 Å². The zero-order valence-electron chi connectivity index (χ0n) is 16.3. The molecule has 2 saturated heterocycles. The molecule has 5 nitrogen and oxygen atoms in total. The summed E-state index contributed by atoms with van der Waals surface area (Å²) < 4.78 is 11.6. The van der Waals surface area contributed by atoms with Crippen molar-refractivity contribution in [3.8, 4) is 5.75 Å². The van der Waals surface area contributed by atoms with Gasteiger partial charge in [0.15, 0.2) is 0 Å². The molecule has 0 unspecified atom stereocenters. The number of nitrogens with zero attached hydrogens (tertiary/aromatic N) is 2. The zero-order valence-corrected chi connectivity index (χ0v) is 16.3. The van der Waals surface area contributed by atoms with Gasteiger partial charge in [-0.2, -0.15) is 0 Å². The third-order valence-corrected chi connectivity index (χ3v) is 5.85. The Morgan fingerprint density at radius 3 is 2.74 bits per heavy atom. The molecule has 0 spiro atoms. The lowest BCUT2D eigenvalue weighted by Gasteiger charge is -2.26. The van der Waals surface area contributed by atoms with Crippen molar-refractivity contribution in [3.63, 3.8) is 0 Å². The number of benzene rings is 1. The number of carbonyl (C=O) groups is 1. The van der Waals surface area contributed by atoms with Gasteiger partial charge >= 0.3 is 0 Å². The van der Waals surface area contributed by atoms with E-state index in [1.165, 1.54) is 32.4 Å². The van der Waals surface area contributed by atoms with E-state index < -0.39 is 0 Å². The van der Waals surface area contributed by atoms with Gasteiger partial charge in [-0.3, -0.25) is 9.69 Å². The SMILES string of the molecule is O=C([C@H]1CCCO1)N(Cc1cccc(OCCN2CCCCC2)c1)C1CC1. The molecule has 1 aromatic carbocycles. The highest BCUT2D eigenvalue weighted by Gasteiger charge is 2.37. The van der Waals surface area contributed by atoms with Gasteiger partial charge in [0.05, 0.1) is 0 Å². The number of rotatable bonds is 8. The highest BCUT2D eigenvalue weighted by molar-refractivity contribution is 5.81. The van der Waals surface area contributed by atoms with E-state index in [9.17, 15) is 4.79 Å². The van der Waals surface area contributed by atoms with Crippen LogP contribution < -0.4 is 4.74 Å². The van der Waals surface area contributed by atoms with Crippen molar-refractivity contribution in [1.29, 1.82) is 0 Å². The number of ether oxygens (including phenoxy) is 2. The van der Waals surface area contributed by atoms with E-state index in [1.54, 1.807) is 0 Å². The molecule has 3 aliphatic rings. The Bertz CT molecular complexity index is 620. The summed E-state index contributed by atoms with van der Waals surface area (Å²) in [6, 6.07) is 8.63. The van der Waals surface area contributed by atoms with E-state index in [-0.39, 0.29) is 12.0 Å². The Kier molecular flexibility index (Phi) is 6.30. The maximum atomic E-state index is 12.8. The molecule has 0 bridgehead atoms. The summed E-state index contributed by atoms with van der Waals surface area (Å²) in [5, 5.41) is 0. The molecule has 5 heteroatoms. The average Bonchev–Trinajstić information content (AvgIpc) is 3.39. The van der Waals surface area contributed by atoms with Crippen LogP contribution in [0.15, 0.2) is 24.3 Å². The van der Waals surface area contributed by atoms with E-state index in [2.05, 4.69) is 17.0 Å². The molecule has 2 heterocycles. The van der Waals surface area contributed by atoms with Gasteiger partial charge in [0, 0.05) is 25.7 Å². The van der Waals surface area contributed by atoms with Crippen molar-refractivity contribution < 1.29 is 14.3 Å². The Morgan fingerprint density at radius 1 is 1.15 bits per heavy atom. The van der Waals surface area contributed by atoms with Gasteiger partial charge in [0.25, 0.3) is 5.91 Å². The monoisotopic (exact) mass is 372 g/mol. The Morgan fingerprint density at radius 2 is 2.00 bits per heavy atom. The molecule has 0 aromatic heterocycles. The van der Waals surface area contributed by atoms with Crippen LogP contribution >= 0.6 is 0 Å². The topological polar surface area (TPSA) is 42.0 Å². The summed E-state index contributed by atoms with van der Waals surface area (Å²) in [7, 11) is 0. The molecule has 1 amide bonds. The molecule has 0 N–H and O–H groups in total. The lowest BCUT2D eigenvalue weighted by atomic mass is 10.1. The average molecular weight is 373 g/mol. The van der Waals surface area contributed by atoms with Gasteiger partial charge in [-0.1, -0.05) is 18.6 Å². The smallest absolute Gasteiger partial charge is 0.252 e. The van der Waals surface area contributed by atoms with Gasteiger partial charge in [-0.15, -0.1) is 0 Å². The third kappa shape index (κ3) is 5.23. The van der Waals surface area contributed by atoms with Crippen molar-refractivity contribution in [2.45, 2.75) is 63.6 Å². The molecule has 1 aliphatic carbocycles. The Labute approximate surface area is 162 Å². The maximum absolute atomic E-state index is 12.8. The molecule has 27 heavy (non-hydrogen) atoms. The number of amides is 1. The zero-order chi connectivity index (χ0) is 18.5. The lowest BCUT2D eigenvalue weighted by Crippen LogP contribution is -2.39. The highest BCUT2D eigenvalue weighted by atomic mass is 16.5. The van der Waals surface area contributed by atoms with Crippen LogP contribution in [-0.4, -0.2) is 60.7 Å². The Hall–Kier alpha value is -1.59. The fraction of sp³-hybridized carbons (Fsp3) is 0.682. The van der Waals surface area contributed by atoms with Crippen molar-refractivity contribution in [2.75, 3.05) is 32.8 Å². The van der Waals surface area contributed by atoms with Gasteiger partial charge in [-0.25, -0.2) is 0 Å². The van der Waals surface area contributed by atoms with Gasteiger partial charge in [0.2, 0.25) is 0 Å². The van der Waals surface area contributed by atoms with Crippen molar-refractivity contribution in [3.05, 3.63) is 29.8 Å². The number of likely N-dealkylation sites (tertiary alicyclic amines) is 1. The summed E-state index contributed by atoms with van der Waals surface area (Å²) in [6.45, 7) is 5.50. The molecular weight excluding hydrogens is 340 g/mol. The molecule has 0 radical (unpaired) electrons. The van der Waals surface area contributed by atoms with Crippen LogP contribution in [0.3, 0.4) is 0 Å². The molecule has 4 rings (SSSR count). The van der Waals surface area contributed by atoms with Crippen LogP contribution in [0.1, 0.15) is 50.5 Å². The molecule has 2 aliphatic heterocycles. The number of hydrogen-bond acceptors (Lipinski definition) is 4. The van der Waals surface area contributed by atoms with Crippen molar-refractivity contribution in [2.24, 2.45) is 0 Å². The van der Waals surface area contributed by atoms with E-state index in [4.69, 9.17) is 9.47 Å². The second kappa shape index (κ2) is 9.07. The van der Waals surface area contributed by atoms with Gasteiger partial charge < -0.3 is 14.4 Å². The molecule has 1 aromatic rings. The van der Waals surface area contributed by atoms with Crippen molar-refractivity contribution >= 4 is 5.91 Å². The second-order valence-corrected chi connectivity index (χ2v) is 8.10. The predicted octanol–water partition coefficient (Wildman–Crippen LogP) is 3.22. The maximum Gasteiger partial charge on any atom is 0.252 e. The molecule has 1 atom stereocenters. The fourth-order valence-corrected chi connectivity index (χ4v) is 4.14. The van der Waals surface area contributed by atoms with Crippen LogP contribution in [0.4, 0.5) is 0 Å². The van der Waals surface area contributed by atoms with Gasteiger partial charge in [0.1, 0.15) is 18.5 Å². The van der Waals surface area contributed by atoms with Crippen LogP contribution in [0.2, 0.25) is 0 Å². The van der Waals surface area contributed by atoms with Crippen molar-refractivity contribution in [1.82, 2.24) is 9.80 Å². The normalized spacial score (nSPS) is 23.3. The van der Waals surface area contributed by atoms with Crippen LogP contribution in [0, 0.1) is 0 Å². The summed E-state index contributed by atoms with van der Waals surface area (Å²) >= 11 is 0. The second-order valence-electron chi connectivity index (χ2n) is 8.10. The van der Waals surface area contributed by atoms with Crippen LogP contribution in [0.25, 0.3) is 0 Å². The highest BCUT2D eigenvalue weighted by Crippen LogP contribution is 2.31. The summed E-state index contributed by atoms with van der Waals surface area (Å²) in [4.78, 5) is 17.3. The number of piperidine rings is 1. The minimum atomic E-state index is -0.227. The standard InChI is InChI=1S/C22H32N2O3/c25-22(21-8-5-14-27-21)24(19-9-10-19)17-18-6-4-7-20(16-18)26-15-13-23-11-2-1-3-12-23/h4,6-7,16,19,21H,1-3,5,8-15,17H2/t21-/m1/s1. The Balaban J connectivity index is 1.31. The van der Waals surface area contributed by atoms with E-state index in [0.29, 0.717) is 12.6 Å². The first-order valence-electron chi connectivity index (χ1n) is 10.7. The molecule has 1 saturated carbocycles. The first kappa shape index (κ1) is 18.8. The quantitative estimate of drug-likeness (QED) is 0.703.